The van der Waals surface area contributed by atoms with Crippen molar-refractivity contribution in [2.24, 2.45) is 0 Å². The van der Waals surface area contributed by atoms with Crippen LogP contribution in [-0.2, 0) is 0 Å². The predicted molar refractivity (Wildman–Crippen MR) is 87.2 cm³/mol. The molecule has 0 aliphatic rings. The maximum Gasteiger partial charge on any atom is 0.337 e. The van der Waals surface area contributed by atoms with Crippen molar-refractivity contribution in [3.63, 3.8) is 0 Å². The SMILES string of the molecule is C=CCN(CCC)C(=O)Nc1ccc(I)cc1C(=O)O. The van der Waals surface area contributed by atoms with Crippen molar-refractivity contribution in [1.82, 2.24) is 4.90 Å². The molecule has 0 fully saturated rings. The van der Waals surface area contributed by atoms with E-state index in [1.54, 1.807) is 23.1 Å². The number of aromatic carboxylic acids is 1. The first kappa shape index (κ1) is 16.5. The molecule has 0 spiro atoms. The van der Waals surface area contributed by atoms with Gasteiger partial charge in [0.05, 0.1) is 11.3 Å². The highest BCUT2D eigenvalue weighted by molar-refractivity contribution is 14.1. The van der Waals surface area contributed by atoms with E-state index in [4.69, 9.17) is 5.11 Å². The summed E-state index contributed by atoms with van der Waals surface area (Å²) in [6.07, 6.45) is 2.46. The van der Waals surface area contributed by atoms with E-state index in [0.29, 0.717) is 18.8 Å². The Labute approximate surface area is 131 Å². The fourth-order valence-corrected chi connectivity index (χ4v) is 2.19. The topological polar surface area (TPSA) is 69.6 Å². The lowest BCUT2D eigenvalue weighted by molar-refractivity contribution is 0.0698. The van der Waals surface area contributed by atoms with Crippen LogP contribution in [-0.4, -0.2) is 35.1 Å². The first-order valence-electron chi connectivity index (χ1n) is 6.19. The quantitative estimate of drug-likeness (QED) is 0.580. The summed E-state index contributed by atoms with van der Waals surface area (Å²) in [6.45, 7) is 6.59. The molecule has 1 rings (SSSR count). The van der Waals surface area contributed by atoms with Crippen LogP contribution in [0.3, 0.4) is 0 Å². The fourth-order valence-electron chi connectivity index (χ4n) is 1.70. The molecule has 2 N–H and O–H groups in total. The number of hydrogen-bond donors (Lipinski definition) is 2. The van der Waals surface area contributed by atoms with Crippen molar-refractivity contribution in [2.45, 2.75) is 13.3 Å². The third kappa shape index (κ3) is 4.52. The van der Waals surface area contributed by atoms with Crippen molar-refractivity contribution in [3.05, 3.63) is 40.0 Å². The number of carbonyl (C=O) groups excluding carboxylic acids is 1. The number of anilines is 1. The Kier molecular flexibility index (Phi) is 6.50. The molecule has 0 bridgehead atoms. The van der Waals surface area contributed by atoms with Gasteiger partial charge in [0, 0.05) is 16.7 Å². The molecule has 6 heteroatoms. The van der Waals surface area contributed by atoms with E-state index in [1.165, 1.54) is 6.07 Å². The summed E-state index contributed by atoms with van der Waals surface area (Å²) >= 11 is 2.03. The lowest BCUT2D eigenvalue weighted by atomic mass is 10.2. The second kappa shape index (κ2) is 7.88. The van der Waals surface area contributed by atoms with Gasteiger partial charge >= 0.3 is 12.0 Å². The Morgan fingerprint density at radius 2 is 2.20 bits per heavy atom. The number of nitrogens with zero attached hydrogens (tertiary/aromatic N) is 1. The molecule has 0 radical (unpaired) electrons. The summed E-state index contributed by atoms with van der Waals surface area (Å²) in [5, 5.41) is 11.8. The van der Waals surface area contributed by atoms with E-state index in [-0.39, 0.29) is 11.6 Å². The number of nitrogens with one attached hydrogen (secondary N) is 1. The monoisotopic (exact) mass is 388 g/mol. The van der Waals surface area contributed by atoms with Crippen LogP contribution in [0.1, 0.15) is 23.7 Å². The molecule has 0 atom stereocenters. The van der Waals surface area contributed by atoms with Gasteiger partial charge in [-0.1, -0.05) is 13.0 Å². The van der Waals surface area contributed by atoms with Gasteiger partial charge in [-0.2, -0.15) is 0 Å². The van der Waals surface area contributed by atoms with E-state index in [2.05, 4.69) is 11.9 Å². The van der Waals surface area contributed by atoms with Crippen LogP contribution in [0.5, 0.6) is 0 Å². The second-order valence-corrected chi connectivity index (χ2v) is 5.41. The first-order chi connectivity index (χ1) is 9.49. The van der Waals surface area contributed by atoms with Gasteiger partial charge in [-0.25, -0.2) is 9.59 Å². The highest BCUT2D eigenvalue weighted by Gasteiger charge is 2.16. The molecule has 0 aromatic heterocycles. The average Bonchev–Trinajstić information content (AvgIpc) is 2.40. The molecule has 1 aromatic carbocycles. The van der Waals surface area contributed by atoms with Crippen molar-refractivity contribution < 1.29 is 14.7 Å². The largest absolute Gasteiger partial charge is 0.478 e. The van der Waals surface area contributed by atoms with Crippen molar-refractivity contribution in [2.75, 3.05) is 18.4 Å². The highest BCUT2D eigenvalue weighted by atomic mass is 127. The smallest absolute Gasteiger partial charge is 0.337 e. The number of halogens is 1. The molecule has 20 heavy (non-hydrogen) atoms. The number of carboxylic acids is 1. The van der Waals surface area contributed by atoms with Gasteiger partial charge in [0.15, 0.2) is 0 Å². The molecule has 0 saturated heterocycles. The van der Waals surface area contributed by atoms with Crippen molar-refractivity contribution >= 4 is 40.3 Å². The zero-order valence-corrected chi connectivity index (χ0v) is 13.4. The molecule has 108 valence electrons. The maximum absolute atomic E-state index is 12.1. The van der Waals surface area contributed by atoms with Gasteiger partial charge in [0.1, 0.15) is 0 Å². The Hall–Kier alpha value is -1.57. The lowest BCUT2D eigenvalue weighted by Crippen LogP contribution is -2.36. The number of amides is 2. The molecule has 0 heterocycles. The molecular weight excluding hydrogens is 371 g/mol. The van der Waals surface area contributed by atoms with E-state index >= 15 is 0 Å². The predicted octanol–water partition coefficient (Wildman–Crippen LogP) is 3.42. The van der Waals surface area contributed by atoms with Gasteiger partial charge < -0.3 is 15.3 Å². The normalized spacial score (nSPS) is 9.90. The van der Waals surface area contributed by atoms with Crippen LogP contribution in [0.15, 0.2) is 30.9 Å². The van der Waals surface area contributed by atoms with E-state index in [0.717, 1.165) is 9.99 Å². The van der Waals surface area contributed by atoms with Crippen LogP contribution in [0, 0.1) is 3.57 Å². The molecule has 0 unspecified atom stereocenters. The standard InChI is InChI=1S/C14H17IN2O3/c1-3-7-17(8-4-2)14(20)16-12-6-5-10(15)9-11(12)13(18)19/h3,5-6,9H,1,4,7-8H2,2H3,(H,16,20)(H,18,19). The van der Waals surface area contributed by atoms with Crippen LogP contribution in [0.2, 0.25) is 0 Å². The van der Waals surface area contributed by atoms with Gasteiger partial charge in [-0.15, -0.1) is 6.58 Å². The zero-order chi connectivity index (χ0) is 15.1. The summed E-state index contributed by atoms with van der Waals surface area (Å²) < 4.78 is 0.800. The third-order valence-corrected chi connectivity index (χ3v) is 3.25. The molecule has 0 aliphatic heterocycles. The van der Waals surface area contributed by atoms with Gasteiger partial charge in [-0.3, -0.25) is 0 Å². The van der Waals surface area contributed by atoms with Crippen molar-refractivity contribution in [1.29, 1.82) is 0 Å². The van der Waals surface area contributed by atoms with E-state index < -0.39 is 5.97 Å². The zero-order valence-electron chi connectivity index (χ0n) is 11.2. The minimum absolute atomic E-state index is 0.0836. The van der Waals surface area contributed by atoms with Gasteiger partial charge in [0.25, 0.3) is 0 Å². The molecule has 5 nitrogen and oxygen atoms in total. The number of carboxylic acid groups (broad SMARTS) is 1. The Balaban J connectivity index is 2.94. The summed E-state index contributed by atoms with van der Waals surface area (Å²) in [5.41, 5.74) is 0.383. The van der Waals surface area contributed by atoms with E-state index in [9.17, 15) is 9.59 Å². The summed E-state index contributed by atoms with van der Waals surface area (Å²) in [5.74, 6) is -1.07. The van der Waals surface area contributed by atoms with Crippen LogP contribution in [0.4, 0.5) is 10.5 Å². The van der Waals surface area contributed by atoms with Gasteiger partial charge in [-0.05, 0) is 47.2 Å². The third-order valence-electron chi connectivity index (χ3n) is 2.58. The van der Waals surface area contributed by atoms with Crippen LogP contribution >= 0.6 is 22.6 Å². The Morgan fingerprint density at radius 1 is 1.50 bits per heavy atom. The molecule has 2 amide bonds. The van der Waals surface area contributed by atoms with Crippen LogP contribution < -0.4 is 5.32 Å². The minimum Gasteiger partial charge on any atom is -0.478 e. The molecule has 1 aromatic rings. The van der Waals surface area contributed by atoms with Crippen LogP contribution in [0.25, 0.3) is 0 Å². The molecular formula is C14H17IN2O3. The molecule has 0 saturated carbocycles. The van der Waals surface area contributed by atoms with E-state index in [1.807, 2.05) is 29.5 Å². The van der Waals surface area contributed by atoms with Gasteiger partial charge in [0.2, 0.25) is 0 Å². The fraction of sp³-hybridized carbons (Fsp3) is 0.286. The molecule has 0 aliphatic carbocycles. The number of rotatable bonds is 6. The number of urea groups is 1. The number of carbonyl (C=O) groups is 2. The minimum atomic E-state index is -1.07. The number of hydrogen-bond acceptors (Lipinski definition) is 2. The van der Waals surface area contributed by atoms with Crippen molar-refractivity contribution in [3.8, 4) is 0 Å². The summed E-state index contributed by atoms with van der Waals surface area (Å²) in [7, 11) is 0. The Morgan fingerprint density at radius 3 is 2.75 bits per heavy atom. The first-order valence-corrected chi connectivity index (χ1v) is 7.27. The summed E-state index contributed by atoms with van der Waals surface area (Å²) in [6, 6.07) is 4.55. The Bertz CT molecular complexity index is 517. The summed E-state index contributed by atoms with van der Waals surface area (Å²) in [4.78, 5) is 24.9. The second-order valence-electron chi connectivity index (χ2n) is 4.16. The average molecular weight is 388 g/mol. The maximum atomic E-state index is 12.1. The lowest BCUT2D eigenvalue weighted by Gasteiger charge is -2.21. The number of benzene rings is 1. The highest BCUT2D eigenvalue weighted by Crippen LogP contribution is 2.19.